The van der Waals surface area contributed by atoms with Gasteiger partial charge in [0.25, 0.3) is 0 Å². The summed E-state index contributed by atoms with van der Waals surface area (Å²) in [6, 6.07) is 3.95. The highest BCUT2D eigenvalue weighted by atomic mass is 16.5. The lowest BCUT2D eigenvalue weighted by Crippen LogP contribution is -2.16. The molecule has 0 aromatic carbocycles. The van der Waals surface area contributed by atoms with Crippen molar-refractivity contribution in [2.75, 3.05) is 20.3 Å². The zero-order chi connectivity index (χ0) is 12.6. The van der Waals surface area contributed by atoms with Crippen LogP contribution in [0.25, 0.3) is 11.3 Å². The summed E-state index contributed by atoms with van der Waals surface area (Å²) < 4.78 is 5.01. The molecule has 0 aliphatic rings. The molecule has 0 saturated carbocycles. The molecule has 0 fully saturated rings. The minimum absolute atomic E-state index is 0.786. The Labute approximate surface area is 107 Å². The molecule has 0 aliphatic carbocycles. The fourth-order valence-electron chi connectivity index (χ4n) is 1.77. The highest BCUT2D eigenvalue weighted by molar-refractivity contribution is 5.61. The van der Waals surface area contributed by atoms with Crippen LogP contribution in [0.5, 0.6) is 0 Å². The minimum atomic E-state index is 0.786. The number of ether oxygens (including phenoxy) is 1. The van der Waals surface area contributed by atoms with E-state index < -0.39 is 0 Å². The average Bonchev–Trinajstić information content (AvgIpc) is 2.88. The number of aromatic amines is 1. The highest BCUT2D eigenvalue weighted by Crippen LogP contribution is 2.19. The Bertz CT molecular complexity index is 455. The fraction of sp³-hybridized carbons (Fsp3) is 0.385. The largest absolute Gasteiger partial charge is 0.385 e. The first-order valence-electron chi connectivity index (χ1n) is 6.04. The Morgan fingerprint density at radius 2 is 2.33 bits per heavy atom. The normalized spacial score (nSPS) is 10.7. The van der Waals surface area contributed by atoms with Crippen molar-refractivity contribution in [1.82, 2.24) is 20.5 Å². The van der Waals surface area contributed by atoms with Crippen molar-refractivity contribution in [2.24, 2.45) is 0 Å². The van der Waals surface area contributed by atoms with Gasteiger partial charge in [-0.3, -0.25) is 10.1 Å². The molecule has 2 N–H and O–H groups in total. The summed E-state index contributed by atoms with van der Waals surface area (Å²) in [4.78, 5) is 4.12. The lowest BCUT2D eigenvalue weighted by molar-refractivity contribution is 0.194. The van der Waals surface area contributed by atoms with Gasteiger partial charge in [-0.1, -0.05) is 0 Å². The molecule has 2 aromatic heterocycles. The maximum atomic E-state index is 5.01. The Balaban J connectivity index is 1.92. The van der Waals surface area contributed by atoms with Gasteiger partial charge in [-0.15, -0.1) is 0 Å². The SMILES string of the molecule is COCCCNCc1cn[nH]c1-c1cccnc1. The van der Waals surface area contributed by atoms with E-state index in [4.69, 9.17) is 4.74 Å². The number of pyridine rings is 1. The summed E-state index contributed by atoms with van der Waals surface area (Å²) in [6.07, 6.45) is 6.46. The number of aromatic nitrogens is 3. The van der Waals surface area contributed by atoms with Crippen LogP contribution in [0.3, 0.4) is 0 Å². The van der Waals surface area contributed by atoms with Gasteiger partial charge in [-0.2, -0.15) is 5.10 Å². The zero-order valence-corrected chi connectivity index (χ0v) is 10.5. The van der Waals surface area contributed by atoms with E-state index >= 15 is 0 Å². The van der Waals surface area contributed by atoms with Gasteiger partial charge in [0.05, 0.1) is 11.9 Å². The average molecular weight is 246 g/mol. The number of methoxy groups -OCH3 is 1. The van der Waals surface area contributed by atoms with E-state index in [1.165, 1.54) is 0 Å². The second kappa shape index (κ2) is 6.88. The maximum absolute atomic E-state index is 5.01. The van der Waals surface area contributed by atoms with Gasteiger partial charge in [0, 0.05) is 43.8 Å². The first-order valence-corrected chi connectivity index (χ1v) is 6.04. The van der Waals surface area contributed by atoms with Crippen LogP contribution in [0, 0.1) is 0 Å². The summed E-state index contributed by atoms with van der Waals surface area (Å²) in [5, 5.41) is 10.5. The van der Waals surface area contributed by atoms with E-state index in [2.05, 4.69) is 20.5 Å². The van der Waals surface area contributed by atoms with E-state index in [1.807, 2.05) is 24.5 Å². The smallest absolute Gasteiger partial charge is 0.0710 e. The van der Waals surface area contributed by atoms with Gasteiger partial charge in [-0.05, 0) is 25.1 Å². The van der Waals surface area contributed by atoms with Gasteiger partial charge in [-0.25, -0.2) is 0 Å². The van der Waals surface area contributed by atoms with Crippen molar-refractivity contribution in [3.8, 4) is 11.3 Å². The Morgan fingerprint density at radius 1 is 1.39 bits per heavy atom. The molecule has 0 amide bonds. The molecule has 0 radical (unpaired) electrons. The molecule has 0 bridgehead atoms. The first kappa shape index (κ1) is 12.7. The van der Waals surface area contributed by atoms with Gasteiger partial charge in [0.2, 0.25) is 0 Å². The second-order valence-corrected chi connectivity index (χ2v) is 4.04. The van der Waals surface area contributed by atoms with Gasteiger partial charge in [0.1, 0.15) is 0 Å². The molecular formula is C13H18N4O. The van der Waals surface area contributed by atoms with Crippen molar-refractivity contribution in [3.63, 3.8) is 0 Å². The number of H-pyrrole nitrogens is 1. The van der Waals surface area contributed by atoms with E-state index in [0.29, 0.717) is 0 Å². The molecule has 0 spiro atoms. The lowest BCUT2D eigenvalue weighted by Gasteiger charge is -2.05. The van der Waals surface area contributed by atoms with Crippen LogP contribution >= 0.6 is 0 Å². The number of hydrogen-bond acceptors (Lipinski definition) is 4. The number of nitrogens with zero attached hydrogens (tertiary/aromatic N) is 2. The standard InChI is InChI=1S/C13H18N4O/c1-18-7-3-6-15-9-12-10-16-17-13(12)11-4-2-5-14-8-11/h2,4-5,8,10,15H,3,6-7,9H2,1H3,(H,16,17). The van der Waals surface area contributed by atoms with Gasteiger partial charge in [0.15, 0.2) is 0 Å². The molecule has 0 atom stereocenters. The van der Waals surface area contributed by atoms with Crippen LogP contribution in [0.1, 0.15) is 12.0 Å². The van der Waals surface area contributed by atoms with Crippen LogP contribution < -0.4 is 5.32 Å². The van der Waals surface area contributed by atoms with Crippen molar-refractivity contribution in [3.05, 3.63) is 36.3 Å². The third kappa shape index (κ3) is 3.38. The van der Waals surface area contributed by atoms with E-state index in [0.717, 1.165) is 42.9 Å². The maximum Gasteiger partial charge on any atom is 0.0710 e. The van der Waals surface area contributed by atoms with E-state index in [1.54, 1.807) is 13.3 Å². The third-order valence-electron chi connectivity index (χ3n) is 2.69. The molecule has 2 rings (SSSR count). The number of hydrogen-bond donors (Lipinski definition) is 2. The summed E-state index contributed by atoms with van der Waals surface area (Å²) in [6.45, 7) is 2.52. The zero-order valence-electron chi connectivity index (χ0n) is 10.5. The fourth-order valence-corrected chi connectivity index (χ4v) is 1.77. The third-order valence-corrected chi connectivity index (χ3v) is 2.69. The molecule has 0 unspecified atom stereocenters. The molecule has 0 aliphatic heterocycles. The van der Waals surface area contributed by atoms with Gasteiger partial charge >= 0.3 is 0 Å². The van der Waals surface area contributed by atoms with E-state index in [9.17, 15) is 0 Å². The van der Waals surface area contributed by atoms with Crippen LogP contribution in [0.2, 0.25) is 0 Å². The Morgan fingerprint density at radius 3 is 3.11 bits per heavy atom. The van der Waals surface area contributed by atoms with Crippen LogP contribution in [0.15, 0.2) is 30.7 Å². The molecule has 5 heteroatoms. The van der Waals surface area contributed by atoms with Gasteiger partial charge < -0.3 is 10.1 Å². The number of nitrogens with one attached hydrogen (secondary N) is 2. The predicted octanol–water partition coefficient (Wildman–Crippen LogP) is 1.60. The summed E-state index contributed by atoms with van der Waals surface area (Å²) in [5.41, 5.74) is 3.24. The monoisotopic (exact) mass is 246 g/mol. The van der Waals surface area contributed by atoms with Crippen LogP contribution in [0.4, 0.5) is 0 Å². The predicted molar refractivity (Wildman–Crippen MR) is 70.0 cm³/mol. The summed E-state index contributed by atoms with van der Waals surface area (Å²) in [7, 11) is 1.72. The lowest BCUT2D eigenvalue weighted by atomic mass is 10.1. The molecule has 2 aromatic rings. The minimum Gasteiger partial charge on any atom is -0.385 e. The van der Waals surface area contributed by atoms with E-state index in [-0.39, 0.29) is 0 Å². The van der Waals surface area contributed by atoms with Crippen molar-refractivity contribution >= 4 is 0 Å². The van der Waals surface area contributed by atoms with Crippen LogP contribution in [-0.4, -0.2) is 35.4 Å². The topological polar surface area (TPSA) is 62.8 Å². The molecule has 0 saturated heterocycles. The van der Waals surface area contributed by atoms with Crippen molar-refractivity contribution < 1.29 is 4.74 Å². The summed E-state index contributed by atoms with van der Waals surface area (Å²) in [5.74, 6) is 0. The molecular weight excluding hydrogens is 228 g/mol. The van der Waals surface area contributed by atoms with Crippen LogP contribution in [-0.2, 0) is 11.3 Å². The second-order valence-electron chi connectivity index (χ2n) is 4.04. The molecule has 5 nitrogen and oxygen atoms in total. The highest BCUT2D eigenvalue weighted by Gasteiger charge is 2.06. The Hall–Kier alpha value is -1.72. The van der Waals surface area contributed by atoms with Crippen molar-refractivity contribution in [2.45, 2.75) is 13.0 Å². The Kier molecular flexibility index (Phi) is 4.87. The molecule has 18 heavy (non-hydrogen) atoms. The molecule has 2 heterocycles. The summed E-state index contributed by atoms with van der Waals surface area (Å²) >= 11 is 0. The first-order chi connectivity index (χ1) is 8.92. The number of rotatable bonds is 7. The van der Waals surface area contributed by atoms with Crippen molar-refractivity contribution in [1.29, 1.82) is 0 Å². The quantitative estimate of drug-likeness (QED) is 0.728. The molecule has 96 valence electrons.